The van der Waals surface area contributed by atoms with Gasteiger partial charge in [-0.15, -0.1) is 0 Å². The lowest BCUT2D eigenvalue weighted by molar-refractivity contribution is -0.277. The van der Waals surface area contributed by atoms with Crippen LogP contribution in [0.2, 0.25) is 0 Å². The van der Waals surface area contributed by atoms with Crippen LogP contribution in [0.1, 0.15) is 22.7 Å². The predicted molar refractivity (Wildman–Crippen MR) is 149 cm³/mol. The first-order valence-electron chi connectivity index (χ1n) is 13.2. The summed E-state index contributed by atoms with van der Waals surface area (Å²) in [7, 11) is 0. The zero-order chi connectivity index (χ0) is 29.8. The number of ether oxygens (including phenoxy) is 4. The quantitative estimate of drug-likeness (QED) is 0.121. The third kappa shape index (κ3) is 6.25. The van der Waals surface area contributed by atoms with Gasteiger partial charge in [0.25, 0.3) is 0 Å². The van der Waals surface area contributed by atoms with Crippen LogP contribution in [0, 0.1) is 5.41 Å². The van der Waals surface area contributed by atoms with Gasteiger partial charge in [0, 0.05) is 23.4 Å². The average molecular weight is 581 g/mol. The number of amides is 1. The molecule has 0 saturated carbocycles. The van der Waals surface area contributed by atoms with Crippen molar-refractivity contribution in [1.29, 1.82) is 5.41 Å². The van der Waals surface area contributed by atoms with E-state index in [1.165, 1.54) is 0 Å². The van der Waals surface area contributed by atoms with Crippen molar-refractivity contribution < 1.29 is 44.2 Å². The van der Waals surface area contributed by atoms with E-state index in [0.29, 0.717) is 28.3 Å². The Morgan fingerprint density at radius 1 is 1.00 bits per heavy atom. The number of fused-ring (bicyclic) bond motifs is 1. The van der Waals surface area contributed by atoms with E-state index < -0.39 is 49.3 Å². The number of benzene rings is 3. The minimum Gasteiger partial charge on any atom is -0.462 e. The van der Waals surface area contributed by atoms with Crippen molar-refractivity contribution in [1.82, 2.24) is 5.32 Å². The zero-order valence-corrected chi connectivity index (χ0v) is 22.3. The molecule has 6 unspecified atom stereocenters. The molecule has 2 aliphatic rings. The monoisotopic (exact) mass is 580 g/mol. The molecule has 0 aromatic heterocycles. The van der Waals surface area contributed by atoms with Gasteiger partial charge in [0.1, 0.15) is 42.0 Å². The Balaban J connectivity index is 1.43. The summed E-state index contributed by atoms with van der Waals surface area (Å²) in [5.74, 6) is 0.754. The first-order chi connectivity index (χ1) is 20.2. The molecule has 0 radical (unpaired) electrons. The summed E-state index contributed by atoms with van der Waals surface area (Å²) in [5.41, 5.74) is 7.73. The molecule has 9 N–H and O–H groups in total. The van der Waals surface area contributed by atoms with Crippen molar-refractivity contribution in [2.24, 2.45) is 5.73 Å². The number of aliphatic hydroxyl groups excluding tert-OH is 4. The Bertz CT molecular complexity index is 1440. The second kappa shape index (κ2) is 12.6. The molecule has 1 amide bonds. The summed E-state index contributed by atoms with van der Waals surface area (Å²) in [5, 5.41) is 54.3. The Morgan fingerprint density at radius 2 is 1.79 bits per heavy atom. The van der Waals surface area contributed by atoms with Gasteiger partial charge in [-0.25, -0.2) is 0 Å². The van der Waals surface area contributed by atoms with Crippen LogP contribution in [-0.4, -0.2) is 76.3 Å². The van der Waals surface area contributed by atoms with E-state index in [0.717, 1.165) is 5.56 Å². The zero-order valence-electron chi connectivity index (χ0n) is 22.3. The summed E-state index contributed by atoms with van der Waals surface area (Å²) < 4.78 is 22.2. The third-order valence-electron chi connectivity index (χ3n) is 6.97. The summed E-state index contributed by atoms with van der Waals surface area (Å²) in [6.07, 6.45) is -7.46. The van der Waals surface area contributed by atoms with E-state index >= 15 is 0 Å². The summed E-state index contributed by atoms with van der Waals surface area (Å²) >= 11 is 0. The van der Waals surface area contributed by atoms with Gasteiger partial charge >= 0.3 is 0 Å². The predicted octanol–water partition coefficient (Wildman–Crippen LogP) is 0.348. The highest BCUT2D eigenvalue weighted by Crippen LogP contribution is 2.34. The van der Waals surface area contributed by atoms with Crippen molar-refractivity contribution in [3.8, 4) is 17.2 Å². The number of amidine groups is 1. The number of carbonyl (C=O) groups is 1. The summed E-state index contributed by atoms with van der Waals surface area (Å²) in [6, 6.07) is 17.5. The number of para-hydroxylation sites is 1. The molecule has 1 saturated heterocycles. The Morgan fingerprint density at radius 3 is 2.57 bits per heavy atom. The van der Waals surface area contributed by atoms with Gasteiger partial charge in [-0.05, 0) is 35.9 Å². The number of carbonyl (C=O) groups excluding carboxylic acids is 1. The van der Waals surface area contributed by atoms with Gasteiger partial charge in [0.05, 0.1) is 6.61 Å². The normalized spacial score (nSPS) is 23.6. The SMILES string of the molecule is N=C(N)c1cccc(NC(C(=O)NCc2ccc3c(c2)OCO3)c2ccccc2OC2OC(CO)C(O)C(O)C2O)c1. The number of hydrogen-bond acceptors (Lipinski definition) is 11. The molecule has 222 valence electrons. The highest BCUT2D eigenvalue weighted by molar-refractivity contribution is 5.96. The van der Waals surface area contributed by atoms with Gasteiger partial charge in [-0.3, -0.25) is 10.2 Å². The molecular formula is C29H32N4O9. The summed E-state index contributed by atoms with van der Waals surface area (Å²) in [6.45, 7) is -0.329. The maximum Gasteiger partial charge on any atom is 0.247 e. The van der Waals surface area contributed by atoms with Gasteiger partial charge in [-0.1, -0.05) is 36.4 Å². The van der Waals surface area contributed by atoms with Gasteiger partial charge in [0.15, 0.2) is 11.5 Å². The van der Waals surface area contributed by atoms with Crippen molar-refractivity contribution in [2.75, 3.05) is 18.7 Å². The number of nitrogens with one attached hydrogen (secondary N) is 3. The maximum atomic E-state index is 13.7. The molecule has 13 heteroatoms. The fourth-order valence-corrected chi connectivity index (χ4v) is 4.69. The molecular weight excluding hydrogens is 548 g/mol. The highest BCUT2D eigenvalue weighted by atomic mass is 16.7. The van der Waals surface area contributed by atoms with Crippen LogP contribution in [-0.2, 0) is 16.1 Å². The maximum absolute atomic E-state index is 13.7. The van der Waals surface area contributed by atoms with E-state index in [2.05, 4.69) is 10.6 Å². The topological polar surface area (TPSA) is 209 Å². The van der Waals surface area contributed by atoms with E-state index in [1.807, 2.05) is 6.07 Å². The van der Waals surface area contributed by atoms with Crippen molar-refractivity contribution >= 4 is 17.4 Å². The molecule has 2 aliphatic heterocycles. The third-order valence-corrected chi connectivity index (χ3v) is 6.97. The second-order valence-electron chi connectivity index (χ2n) is 9.83. The standard InChI is InChI=1S/C29H32N4O9/c30-27(31)16-4-3-5-17(11-16)33-23(28(38)32-12-15-8-9-20-21(10-15)40-14-39-20)18-6-1-2-7-19(18)41-29-26(37)25(36)24(35)22(13-34)42-29/h1-11,22-26,29,33-37H,12-14H2,(H3,30,31)(H,32,38). The molecule has 1 fully saturated rings. The molecule has 2 heterocycles. The van der Waals surface area contributed by atoms with Crippen molar-refractivity contribution in [3.05, 3.63) is 83.4 Å². The van der Waals surface area contributed by atoms with Crippen LogP contribution in [0.3, 0.4) is 0 Å². The molecule has 0 spiro atoms. The minimum absolute atomic E-state index is 0.127. The highest BCUT2D eigenvalue weighted by Gasteiger charge is 2.45. The molecule has 0 aliphatic carbocycles. The van der Waals surface area contributed by atoms with Crippen LogP contribution < -0.4 is 30.6 Å². The molecule has 0 bridgehead atoms. The fraction of sp³-hybridized carbons (Fsp3) is 0.310. The fourth-order valence-electron chi connectivity index (χ4n) is 4.69. The number of hydrogen-bond donors (Lipinski definition) is 8. The van der Waals surface area contributed by atoms with Gasteiger partial charge in [-0.2, -0.15) is 0 Å². The number of nitrogen functional groups attached to an aromatic ring is 1. The first kappa shape index (κ1) is 29.1. The van der Waals surface area contributed by atoms with E-state index in [9.17, 15) is 25.2 Å². The largest absolute Gasteiger partial charge is 0.462 e. The number of anilines is 1. The van der Waals surface area contributed by atoms with Crippen LogP contribution in [0.5, 0.6) is 17.2 Å². The van der Waals surface area contributed by atoms with Gasteiger partial charge < -0.3 is 55.7 Å². The lowest BCUT2D eigenvalue weighted by atomic mass is 9.99. The van der Waals surface area contributed by atoms with Gasteiger partial charge in [0.2, 0.25) is 19.0 Å². The van der Waals surface area contributed by atoms with Crippen molar-refractivity contribution in [2.45, 2.75) is 43.3 Å². The number of aliphatic hydroxyl groups is 4. The van der Waals surface area contributed by atoms with Crippen LogP contribution in [0.15, 0.2) is 66.7 Å². The van der Waals surface area contributed by atoms with Crippen LogP contribution in [0.25, 0.3) is 0 Å². The molecule has 5 rings (SSSR count). The lowest BCUT2D eigenvalue weighted by Crippen LogP contribution is -2.60. The summed E-state index contributed by atoms with van der Waals surface area (Å²) in [4.78, 5) is 13.7. The van der Waals surface area contributed by atoms with E-state index in [-0.39, 0.29) is 24.9 Å². The average Bonchev–Trinajstić information content (AvgIpc) is 3.47. The van der Waals surface area contributed by atoms with Crippen molar-refractivity contribution in [3.63, 3.8) is 0 Å². The molecule has 3 aromatic carbocycles. The lowest BCUT2D eigenvalue weighted by Gasteiger charge is -2.39. The molecule has 42 heavy (non-hydrogen) atoms. The smallest absolute Gasteiger partial charge is 0.247 e. The van der Waals surface area contributed by atoms with Crippen LogP contribution in [0.4, 0.5) is 5.69 Å². The van der Waals surface area contributed by atoms with E-state index in [4.69, 9.17) is 30.1 Å². The molecule has 13 nitrogen and oxygen atoms in total. The molecule has 3 aromatic rings. The molecule has 6 atom stereocenters. The minimum atomic E-state index is -1.64. The van der Waals surface area contributed by atoms with Crippen LogP contribution >= 0.6 is 0 Å². The Kier molecular flexibility index (Phi) is 8.75. The first-order valence-corrected chi connectivity index (χ1v) is 13.2. The Hall–Kier alpha value is -4.40. The Labute approximate surface area is 240 Å². The second-order valence-corrected chi connectivity index (χ2v) is 9.83. The number of rotatable bonds is 10. The number of nitrogens with two attached hydrogens (primary N) is 1. The van der Waals surface area contributed by atoms with E-state index in [1.54, 1.807) is 60.7 Å².